The van der Waals surface area contributed by atoms with E-state index in [1.807, 2.05) is 0 Å². The molecule has 0 aromatic carbocycles. The number of carboxylic acids is 1. The van der Waals surface area contributed by atoms with Crippen LogP contribution in [0.5, 0.6) is 0 Å². The standard InChI is InChI=1S/C12H21NO4S/c14-11(13-6-3-5-12(15)16)9-18-8-10-4-1-2-7-17-10/h10H,1-9H2,(H,13,14)(H,15,16). The Morgan fingerprint density at radius 2 is 2.22 bits per heavy atom. The van der Waals surface area contributed by atoms with E-state index in [-0.39, 0.29) is 12.3 Å². The van der Waals surface area contributed by atoms with E-state index in [1.165, 1.54) is 6.42 Å². The molecule has 1 rings (SSSR count). The molecule has 1 fully saturated rings. The number of nitrogens with one attached hydrogen (secondary N) is 1. The number of hydrogen-bond acceptors (Lipinski definition) is 4. The lowest BCUT2D eigenvalue weighted by molar-refractivity contribution is -0.137. The Hall–Kier alpha value is -0.750. The number of carbonyl (C=O) groups is 2. The van der Waals surface area contributed by atoms with Crippen LogP contribution in [0.25, 0.3) is 0 Å². The van der Waals surface area contributed by atoms with Crippen LogP contribution in [0.15, 0.2) is 0 Å². The van der Waals surface area contributed by atoms with Crippen LogP contribution in [0.2, 0.25) is 0 Å². The van der Waals surface area contributed by atoms with Gasteiger partial charge in [0.05, 0.1) is 11.9 Å². The number of hydrogen-bond donors (Lipinski definition) is 2. The van der Waals surface area contributed by atoms with E-state index in [1.54, 1.807) is 11.8 Å². The largest absolute Gasteiger partial charge is 0.481 e. The van der Waals surface area contributed by atoms with Gasteiger partial charge in [-0.3, -0.25) is 9.59 Å². The fourth-order valence-electron chi connectivity index (χ4n) is 1.74. The smallest absolute Gasteiger partial charge is 0.303 e. The van der Waals surface area contributed by atoms with Gasteiger partial charge < -0.3 is 15.2 Å². The average molecular weight is 275 g/mol. The molecule has 0 saturated carbocycles. The molecule has 0 spiro atoms. The molecule has 1 saturated heterocycles. The van der Waals surface area contributed by atoms with Crippen LogP contribution in [0.1, 0.15) is 32.1 Å². The topological polar surface area (TPSA) is 75.6 Å². The van der Waals surface area contributed by atoms with Crippen molar-refractivity contribution >= 4 is 23.6 Å². The molecule has 104 valence electrons. The molecule has 1 aliphatic heterocycles. The van der Waals surface area contributed by atoms with E-state index in [9.17, 15) is 9.59 Å². The molecule has 1 aliphatic rings. The van der Waals surface area contributed by atoms with E-state index < -0.39 is 5.97 Å². The number of aliphatic carboxylic acids is 1. The molecule has 0 aliphatic carbocycles. The third-order valence-electron chi connectivity index (χ3n) is 2.70. The Morgan fingerprint density at radius 1 is 1.39 bits per heavy atom. The van der Waals surface area contributed by atoms with E-state index in [2.05, 4.69) is 5.32 Å². The SMILES string of the molecule is O=C(O)CCCNC(=O)CSCC1CCCCO1. The van der Waals surface area contributed by atoms with Crippen LogP contribution in [0, 0.1) is 0 Å². The predicted octanol–water partition coefficient (Wildman–Crippen LogP) is 1.27. The highest BCUT2D eigenvalue weighted by molar-refractivity contribution is 7.99. The van der Waals surface area contributed by atoms with Gasteiger partial charge in [0.2, 0.25) is 5.91 Å². The summed E-state index contributed by atoms with van der Waals surface area (Å²) in [6.07, 6.45) is 4.33. The van der Waals surface area contributed by atoms with E-state index in [0.29, 0.717) is 24.8 Å². The molecule has 0 aromatic heterocycles. The molecule has 0 aromatic rings. The Morgan fingerprint density at radius 3 is 2.89 bits per heavy atom. The summed E-state index contributed by atoms with van der Waals surface area (Å²) in [5, 5.41) is 11.1. The second-order valence-electron chi connectivity index (χ2n) is 4.35. The quantitative estimate of drug-likeness (QED) is 0.652. The Kier molecular flexibility index (Phi) is 7.84. The molecule has 1 heterocycles. The Balaban J connectivity index is 1.94. The zero-order valence-electron chi connectivity index (χ0n) is 10.5. The Labute approximate surface area is 112 Å². The van der Waals surface area contributed by atoms with Crippen molar-refractivity contribution in [3.05, 3.63) is 0 Å². The number of carbonyl (C=O) groups excluding carboxylic acids is 1. The molecule has 0 radical (unpaired) electrons. The minimum absolute atomic E-state index is 0.0267. The van der Waals surface area contributed by atoms with Crippen molar-refractivity contribution in [2.24, 2.45) is 0 Å². The molecule has 18 heavy (non-hydrogen) atoms. The Bertz CT molecular complexity index is 267. The summed E-state index contributed by atoms with van der Waals surface area (Å²) in [6.45, 7) is 1.28. The van der Waals surface area contributed by atoms with Gasteiger partial charge in [0.1, 0.15) is 0 Å². The lowest BCUT2D eigenvalue weighted by atomic mass is 10.1. The molecule has 1 unspecified atom stereocenters. The van der Waals surface area contributed by atoms with Crippen molar-refractivity contribution in [2.75, 3.05) is 24.7 Å². The van der Waals surface area contributed by atoms with Gasteiger partial charge in [0.25, 0.3) is 0 Å². The van der Waals surface area contributed by atoms with E-state index >= 15 is 0 Å². The first-order valence-electron chi connectivity index (χ1n) is 6.36. The summed E-state index contributed by atoms with van der Waals surface area (Å²) in [7, 11) is 0. The summed E-state index contributed by atoms with van der Waals surface area (Å²) in [5.74, 6) is 0.435. The first kappa shape index (κ1) is 15.3. The van der Waals surface area contributed by atoms with Gasteiger partial charge in [0.15, 0.2) is 0 Å². The molecular weight excluding hydrogens is 254 g/mol. The average Bonchev–Trinajstić information content (AvgIpc) is 2.36. The maximum absolute atomic E-state index is 11.4. The molecule has 6 heteroatoms. The van der Waals surface area contributed by atoms with E-state index in [0.717, 1.165) is 25.2 Å². The highest BCUT2D eigenvalue weighted by Crippen LogP contribution is 2.16. The zero-order valence-corrected chi connectivity index (χ0v) is 11.3. The predicted molar refractivity (Wildman–Crippen MR) is 70.8 cm³/mol. The van der Waals surface area contributed by atoms with Crippen molar-refractivity contribution in [2.45, 2.75) is 38.2 Å². The van der Waals surface area contributed by atoms with Crippen LogP contribution in [0.4, 0.5) is 0 Å². The van der Waals surface area contributed by atoms with Crippen LogP contribution in [0.3, 0.4) is 0 Å². The van der Waals surface area contributed by atoms with Gasteiger partial charge in [0, 0.05) is 25.3 Å². The first-order valence-corrected chi connectivity index (χ1v) is 7.52. The molecular formula is C12H21NO4S. The fourth-order valence-corrected chi connectivity index (χ4v) is 2.67. The van der Waals surface area contributed by atoms with Gasteiger partial charge in [-0.05, 0) is 25.7 Å². The number of carboxylic acid groups (broad SMARTS) is 1. The highest BCUT2D eigenvalue weighted by Gasteiger charge is 2.14. The second kappa shape index (κ2) is 9.22. The van der Waals surface area contributed by atoms with Crippen LogP contribution in [-0.4, -0.2) is 47.7 Å². The van der Waals surface area contributed by atoms with Gasteiger partial charge in [-0.25, -0.2) is 0 Å². The number of thioether (sulfide) groups is 1. The minimum atomic E-state index is -0.826. The van der Waals surface area contributed by atoms with Crippen molar-refractivity contribution in [1.82, 2.24) is 5.32 Å². The summed E-state index contributed by atoms with van der Waals surface area (Å²) in [6, 6.07) is 0. The molecule has 1 amide bonds. The normalized spacial score (nSPS) is 19.4. The molecule has 0 bridgehead atoms. The zero-order chi connectivity index (χ0) is 13.2. The van der Waals surface area contributed by atoms with Gasteiger partial charge in [-0.2, -0.15) is 0 Å². The van der Waals surface area contributed by atoms with Gasteiger partial charge in [-0.15, -0.1) is 11.8 Å². The summed E-state index contributed by atoms with van der Waals surface area (Å²) >= 11 is 1.58. The fraction of sp³-hybridized carbons (Fsp3) is 0.833. The molecule has 1 atom stereocenters. The summed E-state index contributed by atoms with van der Waals surface area (Å²) < 4.78 is 5.57. The van der Waals surface area contributed by atoms with Crippen molar-refractivity contribution < 1.29 is 19.4 Å². The summed E-state index contributed by atoms with van der Waals surface area (Å²) in [5.41, 5.74) is 0. The van der Waals surface area contributed by atoms with Crippen molar-refractivity contribution in [3.63, 3.8) is 0 Å². The van der Waals surface area contributed by atoms with Crippen molar-refractivity contribution in [3.8, 4) is 0 Å². The number of amides is 1. The number of ether oxygens (including phenoxy) is 1. The number of rotatable bonds is 8. The lowest BCUT2D eigenvalue weighted by Crippen LogP contribution is -2.28. The minimum Gasteiger partial charge on any atom is -0.481 e. The van der Waals surface area contributed by atoms with Crippen LogP contribution < -0.4 is 5.32 Å². The van der Waals surface area contributed by atoms with Crippen molar-refractivity contribution in [1.29, 1.82) is 0 Å². The maximum Gasteiger partial charge on any atom is 0.303 e. The third-order valence-corrected chi connectivity index (χ3v) is 3.77. The molecule has 5 nitrogen and oxygen atoms in total. The second-order valence-corrected chi connectivity index (χ2v) is 5.38. The monoisotopic (exact) mass is 275 g/mol. The third kappa shape index (κ3) is 7.55. The van der Waals surface area contributed by atoms with Gasteiger partial charge >= 0.3 is 5.97 Å². The maximum atomic E-state index is 11.4. The highest BCUT2D eigenvalue weighted by atomic mass is 32.2. The summed E-state index contributed by atoms with van der Waals surface area (Å²) in [4.78, 5) is 21.7. The van der Waals surface area contributed by atoms with Crippen LogP contribution >= 0.6 is 11.8 Å². The lowest BCUT2D eigenvalue weighted by Gasteiger charge is -2.21. The van der Waals surface area contributed by atoms with Crippen LogP contribution in [-0.2, 0) is 14.3 Å². The first-order chi connectivity index (χ1) is 8.68. The van der Waals surface area contributed by atoms with Gasteiger partial charge in [-0.1, -0.05) is 0 Å². The molecule has 2 N–H and O–H groups in total. The van der Waals surface area contributed by atoms with E-state index in [4.69, 9.17) is 9.84 Å².